The summed E-state index contributed by atoms with van der Waals surface area (Å²) in [6.45, 7) is 6.82. The van der Waals surface area contributed by atoms with E-state index < -0.39 is 0 Å². The number of morpholine rings is 1. The Morgan fingerprint density at radius 2 is 1.96 bits per heavy atom. The average molecular weight is 318 g/mol. The van der Waals surface area contributed by atoms with Gasteiger partial charge in [0, 0.05) is 49.6 Å². The van der Waals surface area contributed by atoms with Crippen LogP contribution in [0.1, 0.15) is 37.1 Å². The second kappa shape index (κ2) is 6.87. The molecule has 2 heterocycles. The number of rotatable bonds is 5. The molecule has 1 saturated heterocycles. The van der Waals surface area contributed by atoms with Crippen LogP contribution in [0.15, 0.2) is 16.9 Å². The van der Waals surface area contributed by atoms with Crippen LogP contribution >= 0.6 is 0 Å². The Morgan fingerprint density at radius 1 is 1.26 bits per heavy atom. The number of aromatic nitrogens is 1. The summed E-state index contributed by atoms with van der Waals surface area (Å²) >= 11 is 0. The molecule has 0 N–H and O–H groups in total. The van der Waals surface area contributed by atoms with E-state index in [1.807, 2.05) is 18.7 Å². The van der Waals surface area contributed by atoms with Gasteiger partial charge in [0.25, 0.3) is 0 Å². The molecule has 0 bridgehead atoms. The van der Waals surface area contributed by atoms with Crippen LogP contribution in [0.3, 0.4) is 0 Å². The zero-order valence-electron chi connectivity index (χ0n) is 14.1. The maximum Gasteiger partial charge on any atom is 0.222 e. The van der Waals surface area contributed by atoms with E-state index in [4.69, 9.17) is 4.74 Å². The van der Waals surface area contributed by atoms with E-state index in [9.17, 15) is 9.59 Å². The molecule has 1 amide bonds. The molecule has 1 saturated carbocycles. The molecule has 1 unspecified atom stereocenters. The summed E-state index contributed by atoms with van der Waals surface area (Å²) < 4.78 is 7.88. The van der Waals surface area contributed by atoms with Gasteiger partial charge in [0.1, 0.15) is 0 Å². The van der Waals surface area contributed by atoms with Crippen LogP contribution in [0.4, 0.5) is 0 Å². The van der Waals surface area contributed by atoms with Crippen molar-refractivity contribution in [2.24, 2.45) is 5.92 Å². The van der Waals surface area contributed by atoms with E-state index in [0.717, 1.165) is 37.4 Å². The topological polar surface area (TPSA) is 51.5 Å². The van der Waals surface area contributed by atoms with Crippen LogP contribution in [0, 0.1) is 19.8 Å². The number of aryl methyl sites for hydroxylation is 2. The minimum absolute atomic E-state index is 0.0479. The first-order chi connectivity index (χ1) is 11.0. The molecule has 2 aliphatic rings. The van der Waals surface area contributed by atoms with Crippen LogP contribution in [0.2, 0.25) is 0 Å². The monoisotopic (exact) mass is 318 g/mol. The Bertz CT molecular complexity index is 607. The lowest BCUT2D eigenvalue weighted by Crippen LogP contribution is -2.46. The molecule has 1 aliphatic heterocycles. The maximum atomic E-state index is 12.4. The maximum absolute atomic E-state index is 12.4. The Hall–Kier alpha value is -1.62. The molecule has 23 heavy (non-hydrogen) atoms. The summed E-state index contributed by atoms with van der Waals surface area (Å²) in [6, 6.07) is 3.30. The minimum Gasteiger partial charge on any atom is -0.374 e. The summed E-state index contributed by atoms with van der Waals surface area (Å²) in [5, 5.41) is 0. The van der Waals surface area contributed by atoms with E-state index in [1.165, 1.54) is 12.8 Å². The van der Waals surface area contributed by atoms with Crippen LogP contribution in [-0.2, 0) is 16.1 Å². The van der Waals surface area contributed by atoms with Gasteiger partial charge < -0.3 is 14.2 Å². The number of carbonyl (C=O) groups excluding carboxylic acids is 1. The Labute approximate surface area is 137 Å². The summed E-state index contributed by atoms with van der Waals surface area (Å²) in [4.78, 5) is 25.8. The van der Waals surface area contributed by atoms with Gasteiger partial charge in [0.15, 0.2) is 5.43 Å². The zero-order valence-corrected chi connectivity index (χ0v) is 14.1. The van der Waals surface area contributed by atoms with Crippen molar-refractivity contribution in [1.82, 2.24) is 9.47 Å². The number of ether oxygens (including phenoxy) is 1. The largest absolute Gasteiger partial charge is 0.374 e. The molecule has 3 rings (SSSR count). The first kappa shape index (κ1) is 16.2. The van der Waals surface area contributed by atoms with E-state index in [0.29, 0.717) is 18.9 Å². The quantitative estimate of drug-likeness (QED) is 0.833. The van der Waals surface area contributed by atoms with Crippen molar-refractivity contribution in [1.29, 1.82) is 0 Å². The van der Waals surface area contributed by atoms with Crippen molar-refractivity contribution in [2.45, 2.75) is 52.2 Å². The first-order valence-corrected chi connectivity index (χ1v) is 8.62. The van der Waals surface area contributed by atoms with Gasteiger partial charge in [-0.2, -0.15) is 0 Å². The molecule has 5 nitrogen and oxygen atoms in total. The molecule has 1 aromatic heterocycles. The lowest BCUT2D eigenvalue weighted by atomic mass is 10.1. The van der Waals surface area contributed by atoms with Gasteiger partial charge in [-0.15, -0.1) is 0 Å². The van der Waals surface area contributed by atoms with Crippen molar-refractivity contribution in [3.05, 3.63) is 33.7 Å². The third kappa shape index (κ3) is 4.02. The van der Waals surface area contributed by atoms with Gasteiger partial charge in [-0.1, -0.05) is 0 Å². The molecule has 0 radical (unpaired) electrons. The number of hydrogen-bond acceptors (Lipinski definition) is 3. The molecule has 0 aromatic carbocycles. The number of amides is 1. The Balaban J connectivity index is 1.50. The van der Waals surface area contributed by atoms with E-state index in [1.54, 1.807) is 12.1 Å². The Kier molecular flexibility index (Phi) is 4.85. The molecule has 5 heteroatoms. The van der Waals surface area contributed by atoms with Gasteiger partial charge in [-0.05, 0) is 39.0 Å². The lowest BCUT2D eigenvalue weighted by Gasteiger charge is -2.33. The number of nitrogens with zero attached hydrogens (tertiary/aromatic N) is 2. The van der Waals surface area contributed by atoms with Crippen molar-refractivity contribution in [3.8, 4) is 0 Å². The van der Waals surface area contributed by atoms with E-state index in [2.05, 4.69) is 4.57 Å². The third-order valence-electron chi connectivity index (χ3n) is 4.92. The fourth-order valence-electron chi connectivity index (χ4n) is 3.44. The van der Waals surface area contributed by atoms with Crippen LogP contribution in [0.25, 0.3) is 0 Å². The fraction of sp³-hybridized carbons (Fsp3) is 0.667. The fourth-order valence-corrected chi connectivity index (χ4v) is 3.44. The van der Waals surface area contributed by atoms with E-state index >= 15 is 0 Å². The van der Waals surface area contributed by atoms with Gasteiger partial charge in [-0.3, -0.25) is 9.59 Å². The van der Waals surface area contributed by atoms with Gasteiger partial charge in [0.05, 0.1) is 12.7 Å². The van der Waals surface area contributed by atoms with Crippen molar-refractivity contribution in [2.75, 3.05) is 19.7 Å². The lowest BCUT2D eigenvalue weighted by molar-refractivity contribution is -0.139. The highest BCUT2D eigenvalue weighted by Crippen LogP contribution is 2.35. The predicted molar refractivity (Wildman–Crippen MR) is 88.5 cm³/mol. The van der Waals surface area contributed by atoms with Crippen LogP contribution in [0.5, 0.6) is 0 Å². The van der Waals surface area contributed by atoms with Crippen molar-refractivity contribution in [3.63, 3.8) is 0 Å². The van der Waals surface area contributed by atoms with Crippen LogP contribution in [-0.4, -0.2) is 41.2 Å². The molecule has 126 valence electrons. The summed E-state index contributed by atoms with van der Waals surface area (Å²) in [5.74, 6) is 0.910. The molecular weight excluding hydrogens is 292 g/mol. The molecule has 2 fully saturated rings. The third-order valence-corrected chi connectivity index (χ3v) is 4.92. The van der Waals surface area contributed by atoms with Crippen LogP contribution < -0.4 is 5.43 Å². The first-order valence-electron chi connectivity index (χ1n) is 8.62. The SMILES string of the molecule is Cc1cc(=O)cc(C)n1CCCC(=O)N1CCOC(C2CC2)C1. The molecule has 0 spiro atoms. The summed E-state index contributed by atoms with van der Waals surface area (Å²) in [7, 11) is 0. The highest BCUT2D eigenvalue weighted by Gasteiger charge is 2.36. The molecule has 1 atom stereocenters. The summed E-state index contributed by atoms with van der Waals surface area (Å²) in [6.07, 6.45) is 4.11. The van der Waals surface area contributed by atoms with Gasteiger partial charge in [-0.25, -0.2) is 0 Å². The number of hydrogen-bond donors (Lipinski definition) is 0. The Morgan fingerprint density at radius 3 is 2.61 bits per heavy atom. The highest BCUT2D eigenvalue weighted by molar-refractivity contribution is 5.76. The highest BCUT2D eigenvalue weighted by atomic mass is 16.5. The normalized spacial score (nSPS) is 21.5. The second-order valence-corrected chi connectivity index (χ2v) is 6.82. The standard InChI is InChI=1S/C18H26N2O3/c1-13-10-16(21)11-14(2)20(13)7-3-4-18(22)19-8-9-23-17(12-19)15-5-6-15/h10-11,15,17H,3-9,12H2,1-2H3. The zero-order chi connectivity index (χ0) is 16.4. The number of pyridine rings is 1. The molecule has 1 aliphatic carbocycles. The van der Waals surface area contributed by atoms with Crippen molar-refractivity contribution >= 4 is 5.91 Å². The van der Waals surface area contributed by atoms with E-state index in [-0.39, 0.29) is 17.4 Å². The van der Waals surface area contributed by atoms with Gasteiger partial charge in [0.2, 0.25) is 5.91 Å². The summed E-state index contributed by atoms with van der Waals surface area (Å²) in [5.41, 5.74) is 1.97. The second-order valence-electron chi connectivity index (χ2n) is 6.82. The predicted octanol–water partition coefficient (Wildman–Crippen LogP) is 1.88. The smallest absolute Gasteiger partial charge is 0.222 e. The molecule has 1 aromatic rings. The van der Waals surface area contributed by atoms with Gasteiger partial charge >= 0.3 is 0 Å². The number of carbonyl (C=O) groups is 1. The minimum atomic E-state index is 0.0479. The average Bonchev–Trinajstić information content (AvgIpc) is 3.34. The van der Waals surface area contributed by atoms with Crippen molar-refractivity contribution < 1.29 is 9.53 Å². The molecular formula is C18H26N2O3.